The molecule has 1 aromatic carbocycles. The fourth-order valence-electron chi connectivity index (χ4n) is 2.34. The van der Waals surface area contributed by atoms with Crippen molar-refractivity contribution in [2.75, 3.05) is 6.54 Å². The number of rotatable bonds is 6. The molecule has 0 radical (unpaired) electrons. The molecule has 0 aliphatic rings. The highest BCUT2D eigenvalue weighted by Gasteiger charge is 2.19. The topological polar surface area (TPSA) is 12.0 Å². The van der Waals surface area contributed by atoms with E-state index in [0.717, 1.165) is 6.54 Å². The van der Waals surface area contributed by atoms with Crippen LogP contribution in [-0.2, 0) is 0 Å². The molecule has 0 aliphatic heterocycles. The molecule has 0 spiro atoms. The van der Waals surface area contributed by atoms with Gasteiger partial charge in [-0.25, -0.2) is 0 Å². The standard InChI is InChI=1S/C15H24BrN/c1-5-7-12(4)15(17-6-2)13-9-8-11(3)10-14(13)16/h8-10,12,15,17H,5-7H2,1-4H3. The Hall–Kier alpha value is -0.340. The second-order valence-electron chi connectivity index (χ2n) is 4.83. The number of aryl methyl sites for hydroxylation is 1. The van der Waals surface area contributed by atoms with E-state index in [2.05, 4.69) is 67.1 Å². The van der Waals surface area contributed by atoms with E-state index in [0.29, 0.717) is 12.0 Å². The van der Waals surface area contributed by atoms with Crippen LogP contribution in [0.25, 0.3) is 0 Å². The molecule has 0 aliphatic carbocycles. The first-order chi connectivity index (χ1) is 8.10. The maximum absolute atomic E-state index is 3.70. The summed E-state index contributed by atoms with van der Waals surface area (Å²) in [7, 11) is 0. The minimum atomic E-state index is 0.454. The van der Waals surface area contributed by atoms with Gasteiger partial charge < -0.3 is 5.32 Å². The van der Waals surface area contributed by atoms with Gasteiger partial charge in [-0.3, -0.25) is 0 Å². The monoisotopic (exact) mass is 297 g/mol. The van der Waals surface area contributed by atoms with Crippen LogP contribution in [0.2, 0.25) is 0 Å². The third kappa shape index (κ3) is 4.11. The number of nitrogens with one attached hydrogen (secondary N) is 1. The van der Waals surface area contributed by atoms with Gasteiger partial charge in [-0.05, 0) is 43.0 Å². The molecule has 2 heteroatoms. The summed E-state index contributed by atoms with van der Waals surface area (Å²) >= 11 is 3.70. The van der Waals surface area contributed by atoms with Crippen LogP contribution < -0.4 is 5.32 Å². The summed E-state index contributed by atoms with van der Waals surface area (Å²) in [6.07, 6.45) is 2.50. The zero-order chi connectivity index (χ0) is 12.8. The second kappa shape index (κ2) is 7.17. The SMILES string of the molecule is CCCC(C)C(NCC)c1ccc(C)cc1Br. The van der Waals surface area contributed by atoms with Gasteiger partial charge in [0.15, 0.2) is 0 Å². The molecule has 0 heterocycles. The molecule has 0 aromatic heterocycles. The Morgan fingerprint density at radius 2 is 2.00 bits per heavy atom. The molecule has 0 bridgehead atoms. The van der Waals surface area contributed by atoms with E-state index >= 15 is 0 Å². The molecule has 2 unspecified atom stereocenters. The van der Waals surface area contributed by atoms with Crippen LogP contribution >= 0.6 is 15.9 Å². The zero-order valence-electron chi connectivity index (χ0n) is 11.4. The lowest BCUT2D eigenvalue weighted by atomic mass is 9.90. The quantitative estimate of drug-likeness (QED) is 0.792. The summed E-state index contributed by atoms with van der Waals surface area (Å²) in [4.78, 5) is 0. The van der Waals surface area contributed by atoms with E-state index in [1.54, 1.807) is 0 Å². The number of hydrogen-bond acceptors (Lipinski definition) is 1. The van der Waals surface area contributed by atoms with Crippen molar-refractivity contribution in [2.45, 2.75) is 46.6 Å². The van der Waals surface area contributed by atoms with Crippen molar-refractivity contribution >= 4 is 15.9 Å². The molecule has 0 fully saturated rings. The molecule has 1 nitrogen and oxygen atoms in total. The van der Waals surface area contributed by atoms with E-state index in [1.165, 1.54) is 28.4 Å². The molecule has 0 amide bonds. The predicted molar refractivity (Wildman–Crippen MR) is 79.4 cm³/mol. The highest BCUT2D eigenvalue weighted by molar-refractivity contribution is 9.10. The maximum atomic E-state index is 3.70. The normalized spacial score (nSPS) is 14.6. The van der Waals surface area contributed by atoms with Gasteiger partial charge in [-0.2, -0.15) is 0 Å². The van der Waals surface area contributed by atoms with Crippen molar-refractivity contribution in [1.29, 1.82) is 0 Å². The van der Waals surface area contributed by atoms with Gasteiger partial charge in [-0.1, -0.05) is 55.3 Å². The first kappa shape index (κ1) is 14.7. The molecular weight excluding hydrogens is 274 g/mol. The van der Waals surface area contributed by atoms with Crippen molar-refractivity contribution in [3.05, 3.63) is 33.8 Å². The van der Waals surface area contributed by atoms with Crippen molar-refractivity contribution in [1.82, 2.24) is 5.32 Å². The number of hydrogen-bond donors (Lipinski definition) is 1. The maximum Gasteiger partial charge on any atom is 0.0357 e. The Bertz CT molecular complexity index is 349. The van der Waals surface area contributed by atoms with Crippen LogP contribution in [0.5, 0.6) is 0 Å². The molecule has 1 aromatic rings. The highest BCUT2D eigenvalue weighted by atomic mass is 79.9. The zero-order valence-corrected chi connectivity index (χ0v) is 13.0. The highest BCUT2D eigenvalue weighted by Crippen LogP contribution is 2.31. The molecule has 1 N–H and O–H groups in total. The lowest BCUT2D eigenvalue weighted by molar-refractivity contribution is 0.368. The Labute approximate surface area is 114 Å². The minimum absolute atomic E-state index is 0.454. The Kier molecular flexibility index (Phi) is 6.21. The van der Waals surface area contributed by atoms with E-state index in [-0.39, 0.29) is 0 Å². The van der Waals surface area contributed by atoms with Crippen molar-refractivity contribution in [2.24, 2.45) is 5.92 Å². The van der Waals surface area contributed by atoms with E-state index in [1.807, 2.05) is 0 Å². The Balaban J connectivity index is 2.96. The van der Waals surface area contributed by atoms with Gasteiger partial charge in [0.05, 0.1) is 0 Å². The first-order valence-electron chi connectivity index (χ1n) is 6.59. The smallest absolute Gasteiger partial charge is 0.0357 e. The van der Waals surface area contributed by atoms with Gasteiger partial charge >= 0.3 is 0 Å². The van der Waals surface area contributed by atoms with E-state index < -0.39 is 0 Å². The Morgan fingerprint density at radius 3 is 2.53 bits per heavy atom. The molecule has 2 atom stereocenters. The molecule has 0 saturated heterocycles. The third-order valence-electron chi connectivity index (χ3n) is 3.23. The fourth-order valence-corrected chi connectivity index (χ4v) is 3.08. The van der Waals surface area contributed by atoms with Crippen LogP contribution in [0.3, 0.4) is 0 Å². The summed E-state index contributed by atoms with van der Waals surface area (Å²) in [5.41, 5.74) is 2.69. The van der Waals surface area contributed by atoms with Gasteiger partial charge in [0.1, 0.15) is 0 Å². The third-order valence-corrected chi connectivity index (χ3v) is 3.91. The van der Waals surface area contributed by atoms with Gasteiger partial charge in [0.25, 0.3) is 0 Å². The molecule has 17 heavy (non-hydrogen) atoms. The summed E-state index contributed by atoms with van der Waals surface area (Å²) in [5.74, 6) is 0.666. The van der Waals surface area contributed by atoms with Gasteiger partial charge in [-0.15, -0.1) is 0 Å². The largest absolute Gasteiger partial charge is 0.310 e. The van der Waals surface area contributed by atoms with Crippen LogP contribution in [0.4, 0.5) is 0 Å². The van der Waals surface area contributed by atoms with Crippen LogP contribution in [0.15, 0.2) is 22.7 Å². The van der Waals surface area contributed by atoms with Crippen molar-refractivity contribution in [3.63, 3.8) is 0 Å². The van der Waals surface area contributed by atoms with Crippen molar-refractivity contribution in [3.8, 4) is 0 Å². The van der Waals surface area contributed by atoms with Crippen LogP contribution in [0.1, 0.15) is 50.8 Å². The molecule has 96 valence electrons. The van der Waals surface area contributed by atoms with Crippen LogP contribution in [-0.4, -0.2) is 6.54 Å². The average Bonchev–Trinajstić information content (AvgIpc) is 2.27. The van der Waals surface area contributed by atoms with Crippen molar-refractivity contribution < 1.29 is 0 Å². The van der Waals surface area contributed by atoms with Crippen LogP contribution in [0, 0.1) is 12.8 Å². The Morgan fingerprint density at radius 1 is 1.29 bits per heavy atom. The molecule has 0 saturated carbocycles. The average molecular weight is 298 g/mol. The second-order valence-corrected chi connectivity index (χ2v) is 5.68. The first-order valence-corrected chi connectivity index (χ1v) is 7.38. The summed E-state index contributed by atoms with van der Waals surface area (Å²) in [6, 6.07) is 7.11. The number of benzene rings is 1. The summed E-state index contributed by atoms with van der Waals surface area (Å²) in [5, 5.41) is 3.61. The lowest BCUT2D eigenvalue weighted by Crippen LogP contribution is -2.27. The van der Waals surface area contributed by atoms with Gasteiger partial charge in [0.2, 0.25) is 0 Å². The molecular formula is C15H24BrN. The summed E-state index contributed by atoms with van der Waals surface area (Å²) in [6.45, 7) is 9.91. The summed E-state index contributed by atoms with van der Waals surface area (Å²) < 4.78 is 1.23. The predicted octanol–water partition coefficient (Wildman–Crippen LogP) is 4.84. The lowest BCUT2D eigenvalue weighted by Gasteiger charge is -2.26. The molecule has 1 rings (SSSR count). The van der Waals surface area contributed by atoms with Gasteiger partial charge in [0, 0.05) is 10.5 Å². The van der Waals surface area contributed by atoms with E-state index in [9.17, 15) is 0 Å². The minimum Gasteiger partial charge on any atom is -0.310 e. The number of halogens is 1. The fraction of sp³-hybridized carbons (Fsp3) is 0.600. The van der Waals surface area contributed by atoms with E-state index in [4.69, 9.17) is 0 Å².